The highest BCUT2D eigenvalue weighted by molar-refractivity contribution is 6.32. The molecule has 8 heteroatoms. The second-order valence-corrected chi connectivity index (χ2v) is 11.9. The molecule has 3 aromatic rings. The summed E-state index contributed by atoms with van der Waals surface area (Å²) in [6, 6.07) is 16.4. The molecule has 1 aromatic heterocycles. The van der Waals surface area contributed by atoms with Crippen molar-refractivity contribution in [3.05, 3.63) is 70.5 Å². The molecule has 0 radical (unpaired) electrons. The number of nitrogens with one attached hydrogen (secondary N) is 1. The number of carbonyl (C=O) groups excluding carboxylic acids is 1. The molecule has 3 aliphatic heterocycles. The maximum Gasteiger partial charge on any atom is 0.243 e. The summed E-state index contributed by atoms with van der Waals surface area (Å²) in [5, 5.41) is 4.81. The summed E-state index contributed by atoms with van der Waals surface area (Å²) in [6.45, 7) is 8.68. The summed E-state index contributed by atoms with van der Waals surface area (Å²) in [6.07, 6.45) is 3.81. The second kappa shape index (κ2) is 10.2. The van der Waals surface area contributed by atoms with E-state index in [1.165, 1.54) is 5.69 Å². The van der Waals surface area contributed by atoms with E-state index in [0.717, 1.165) is 68.2 Å². The molecule has 1 N–H and O–H groups in total. The van der Waals surface area contributed by atoms with Gasteiger partial charge in [-0.2, -0.15) is 0 Å². The summed E-state index contributed by atoms with van der Waals surface area (Å²) in [7, 11) is 0. The summed E-state index contributed by atoms with van der Waals surface area (Å²) in [5.41, 5.74) is 4.26. The van der Waals surface area contributed by atoms with E-state index >= 15 is 0 Å². The molecule has 0 aliphatic carbocycles. The van der Waals surface area contributed by atoms with Crippen LogP contribution in [0, 0.1) is 5.92 Å². The van der Waals surface area contributed by atoms with Crippen molar-refractivity contribution < 1.29 is 9.53 Å². The van der Waals surface area contributed by atoms with Crippen molar-refractivity contribution in [3.63, 3.8) is 0 Å². The highest BCUT2D eigenvalue weighted by Crippen LogP contribution is 2.47. The van der Waals surface area contributed by atoms with Gasteiger partial charge in [-0.15, -0.1) is 0 Å². The van der Waals surface area contributed by atoms with Gasteiger partial charge in [0.1, 0.15) is 0 Å². The smallest absolute Gasteiger partial charge is 0.243 e. The third-order valence-corrected chi connectivity index (χ3v) is 8.46. The zero-order valence-electron chi connectivity index (χ0n) is 21.7. The van der Waals surface area contributed by atoms with E-state index < -0.39 is 5.41 Å². The molecule has 0 atom stereocenters. The minimum Gasteiger partial charge on any atom is -0.381 e. The van der Waals surface area contributed by atoms with Gasteiger partial charge < -0.3 is 15.0 Å². The third kappa shape index (κ3) is 4.68. The molecular weight excluding hydrogens is 519 g/mol. The zero-order valence-corrected chi connectivity index (χ0v) is 23.2. The predicted octanol–water partition coefficient (Wildman–Crippen LogP) is 6.22. The van der Waals surface area contributed by atoms with Gasteiger partial charge in [0.05, 0.1) is 21.8 Å². The molecule has 0 bridgehead atoms. The number of anilines is 3. The van der Waals surface area contributed by atoms with E-state index in [2.05, 4.69) is 27.3 Å². The molecular formula is C30H32Cl2N4O2. The summed E-state index contributed by atoms with van der Waals surface area (Å²) in [4.78, 5) is 22.9. The second-order valence-electron chi connectivity index (χ2n) is 11.1. The first kappa shape index (κ1) is 25.6. The fourth-order valence-electron chi connectivity index (χ4n) is 5.76. The lowest BCUT2D eigenvalue weighted by atomic mass is 9.84. The maximum absolute atomic E-state index is 14.1. The SMILES string of the molecule is CC1(C)C(=O)N(c2ccc(N3CC(CNC4CCOCC4)C3)cc2)c2cc(Cl)ccc2-c2cc(Cl)cnc21. The lowest BCUT2D eigenvalue weighted by molar-refractivity contribution is -0.122. The number of halogens is 2. The number of nitrogens with zero attached hydrogens (tertiary/aromatic N) is 3. The molecule has 6 rings (SSSR count). The normalized spacial score (nSPS) is 19.5. The van der Waals surface area contributed by atoms with Crippen molar-refractivity contribution in [2.24, 2.45) is 5.92 Å². The Morgan fingerprint density at radius 3 is 2.42 bits per heavy atom. The number of fused-ring (bicyclic) bond motifs is 3. The van der Waals surface area contributed by atoms with Crippen LogP contribution in [0.1, 0.15) is 32.4 Å². The van der Waals surface area contributed by atoms with Crippen molar-refractivity contribution in [2.45, 2.75) is 38.1 Å². The molecule has 2 fully saturated rings. The van der Waals surface area contributed by atoms with Crippen LogP contribution in [-0.2, 0) is 14.9 Å². The van der Waals surface area contributed by atoms with Gasteiger partial charge in [0, 0.05) is 78.5 Å². The van der Waals surface area contributed by atoms with Gasteiger partial charge in [0.2, 0.25) is 5.91 Å². The Kier molecular flexibility index (Phi) is 6.85. The van der Waals surface area contributed by atoms with Crippen molar-refractivity contribution in [3.8, 4) is 11.1 Å². The Hall–Kier alpha value is -2.64. The molecule has 1 amide bonds. The average molecular weight is 552 g/mol. The van der Waals surface area contributed by atoms with Crippen LogP contribution in [0.15, 0.2) is 54.7 Å². The van der Waals surface area contributed by atoms with Crippen LogP contribution in [-0.4, -0.2) is 49.8 Å². The number of rotatable bonds is 5. The van der Waals surface area contributed by atoms with Gasteiger partial charge in [-0.05, 0) is 69.2 Å². The predicted molar refractivity (Wildman–Crippen MR) is 154 cm³/mol. The van der Waals surface area contributed by atoms with Crippen LogP contribution >= 0.6 is 23.2 Å². The average Bonchev–Trinajstić information content (AvgIpc) is 2.95. The number of hydrogen-bond acceptors (Lipinski definition) is 5. The molecule has 2 aromatic carbocycles. The van der Waals surface area contributed by atoms with E-state index in [9.17, 15) is 4.79 Å². The van der Waals surface area contributed by atoms with Crippen molar-refractivity contribution >= 4 is 46.2 Å². The highest BCUT2D eigenvalue weighted by atomic mass is 35.5. The van der Waals surface area contributed by atoms with Gasteiger partial charge >= 0.3 is 0 Å². The first-order chi connectivity index (χ1) is 18.3. The number of aromatic nitrogens is 1. The third-order valence-electron chi connectivity index (χ3n) is 8.02. The van der Waals surface area contributed by atoms with Crippen molar-refractivity contribution in [1.29, 1.82) is 0 Å². The number of carbonyl (C=O) groups is 1. The van der Waals surface area contributed by atoms with E-state index in [0.29, 0.717) is 27.7 Å². The first-order valence-corrected chi connectivity index (χ1v) is 14.0. The fourth-order valence-corrected chi connectivity index (χ4v) is 6.09. The van der Waals surface area contributed by atoms with Crippen LogP contribution < -0.4 is 15.1 Å². The van der Waals surface area contributed by atoms with Crippen LogP contribution in [0.25, 0.3) is 11.1 Å². The molecule has 0 saturated carbocycles. The van der Waals surface area contributed by atoms with Gasteiger partial charge in [0.15, 0.2) is 0 Å². The monoisotopic (exact) mass is 550 g/mol. The number of hydrogen-bond donors (Lipinski definition) is 1. The Morgan fingerprint density at radius 1 is 0.974 bits per heavy atom. The largest absolute Gasteiger partial charge is 0.381 e. The molecule has 0 unspecified atom stereocenters. The standard InChI is InChI=1S/C30H32Cl2N4O2/c1-30(2)28-26(13-21(32)16-34-28)25-8-3-20(31)14-27(25)36(29(30)37)24-6-4-23(5-7-24)35-17-19(18-35)15-33-22-9-11-38-12-10-22/h3-8,13-14,16,19,22,33H,9-12,15,17-18H2,1-2H3. The molecule has 2 saturated heterocycles. The molecule has 198 valence electrons. The number of amides is 1. The Bertz CT molecular complexity index is 1350. The highest BCUT2D eigenvalue weighted by Gasteiger charge is 2.42. The van der Waals surface area contributed by atoms with Crippen LogP contribution in [0.2, 0.25) is 10.0 Å². The van der Waals surface area contributed by atoms with Gasteiger partial charge in [-0.1, -0.05) is 29.3 Å². The van der Waals surface area contributed by atoms with E-state index in [1.807, 2.05) is 50.2 Å². The minimum absolute atomic E-state index is 0.0643. The van der Waals surface area contributed by atoms with Gasteiger partial charge in [-0.25, -0.2) is 0 Å². The lowest BCUT2D eigenvalue weighted by Crippen LogP contribution is -2.52. The van der Waals surface area contributed by atoms with E-state index in [4.69, 9.17) is 27.9 Å². The van der Waals surface area contributed by atoms with Gasteiger partial charge in [-0.3, -0.25) is 14.7 Å². The van der Waals surface area contributed by atoms with E-state index in [-0.39, 0.29) is 5.91 Å². The van der Waals surface area contributed by atoms with Gasteiger partial charge in [0.25, 0.3) is 0 Å². The molecule has 38 heavy (non-hydrogen) atoms. The van der Waals surface area contributed by atoms with Crippen molar-refractivity contribution in [2.75, 3.05) is 42.6 Å². The quantitative estimate of drug-likeness (QED) is 0.408. The van der Waals surface area contributed by atoms with Crippen LogP contribution in [0.4, 0.5) is 17.1 Å². The van der Waals surface area contributed by atoms with E-state index in [1.54, 1.807) is 11.1 Å². The maximum atomic E-state index is 14.1. The molecule has 3 aliphatic rings. The Balaban J connectivity index is 1.24. The van der Waals surface area contributed by atoms with Crippen molar-refractivity contribution in [1.82, 2.24) is 10.3 Å². The molecule has 6 nitrogen and oxygen atoms in total. The Labute approximate surface area is 233 Å². The van der Waals surface area contributed by atoms with Crippen LogP contribution in [0.3, 0.4) is 0 Å². The first-order valence-electron chi connectivity index (χ1n) is 13.3. The minimum atomic E-state index is -0.869. The Morgan fingerprint density at radius 2 is 1.68 bits per heavy atom. The lowest BCUT2D eigenvalue weighted by Gasteiger charge is -2.42. The summed E-state index contributed by atoms with van der Waals surface area (Å²) in [5.74, 6) is 0.586. The summed E-state index contributed by atoms with van der Waals surface area (Å²) < 4.78 is 5.46. The van der Waals surface area contributed by atoms with Crippen LogP contribution in [0.5, 0.6) is 0 Å². The summed E-state index contributed by atoms with van der Waals surface area (Å²) >= 11 is 12.8. The molecule has 0 spiro atoms. The molecule has 4 heterocycles. The number of pyridine rings is 1. The number of benzene rings is 2. The topological polar surface area (TPSA) is 57.7 Å². The fraction of sp³-hybridized carbons (Fsp3) is 0.400. The zero-order chi connectivity index (χ0) is 26.4. The number of ether oxygens (including phenoxy) is 1.